The fourth-order valence-electron chi connectivity index (χ4n) is 3.38. The van der Waals surface area contributed by atoms with E-state index < -0.39 is 11.6 Å². The van der Waals surface area contributed by atoms with Gasteiger partial charge in [0.2, 0.25) is 0 Å². The Kier molecular flexibility index (Phi) is 6.30. The minimum absolute atomic E-state index is 0.132. The maximum Gasteiger partial charge on any atom is 0.536 e. The minimum Gasteiger partial charge on any atom is -0.206 e. The summed E-state index contributed by atoms with van der Waals surface area (Å²) in [5.74, 6) is -1.16. The van der Waals surface area contributed by atoms with Crippen molar-refractivity contribution in [3.05, 3.63) is 113 Å². The van der Waals surface area contributed by atoms with Gasteiger partial charge >= 0.3 is 5.82 Å². The summed E-state index contributed by atoms with van der Waals surface area (Å²) in [7, 11) is 0. The van der Waals surface area contributed by atoms with Crippen LogP contribution in [0.1, 0.15) is 0 Å². The number of halogens is 2. The molecule has 160 valence electrons. The van der Waals surface area contributed by atoms with Gasteiger partial charge in [-0.3, -0.25) is 0 Å². The summed E-state index contributed by atoms with van der Waals surface area (Å²) in [6.45, 7) is 14.7. The molecular formula is C26H10F2N4S2. The highest BCUT2D eigenvalue weighted by molar-refractivity contribution is 7.12. The number of thiophene rings is 2. The van der Waals surface area contributed by atoms with Crippen LogP contribution in [0.15, 0.2) is 60.7 Å². The van der Waals surface area contributed by atoms with Gasteiger partial charge in [-0.25, -0.2) is 8.78 Å². The molecule has 0 radical (unpaired) electrons. The molecule has 0 aliphatic heterocycles. The lowest BCUT2D eigenvalue weighted by molar-refractivity contribution is 0.631. The first kappa shape index (κ1) is 22.6. The van der Waals surface area contributed by atoms with Crippen LogP contribution in [0.2, 0.25) is 0 Å². The van der Waals surface area contributed by atoms with E-state index in [0.29, 0.717) is 29.3 Å². The van der Waals surface area contributed by atoms with Gasteiger partial charge in [-0.2, -0.15) is 20.2 Å². The fraction of sp³-hybridized carbons (Fsp3) is 0. The standard InChI is InChI=1S/C26H10F2N4S2/c1-31-26(32-2)23-12-19(17-8-4-6-10-21(17)28)25(34-23)24-18(16-7-3-5-9-20(16)27)11-22(33-24)15(13-29)14-30/h3-12H/b25-24+. The number of rotatable bonds is 2. The van der Waals surface area contributed by atoms with Crippen molar-refractivity contribution in [3.63, 3.8) is 0 Å². The summed E-state index contributed by atoms with van der Waals surface area (Å²) in [6.07, 6.45) is 0. The van der Waals surface area contributed by atoms with Crippen molar-refractivity contribution in [2.45, 2.75) is 0 Å². The first-order chi connectivity index (χ1) is 16.5. The molecule has 0 atom stereocenters. The average molecular weight is 481 g/mol. The van der Waals surface area contributed by atoms with Gasteiger partial charge < -0.3 is 0 Å². The van der Waals surface area contributed by atoms with E-state index in [2.05, 4.69) is 9.69 Å². The van der Waals surface area contributed by atoms with Gasteiger partial charge in [-0.05, 0) is 24.3 Å². The van der Waals surface area contributed by atoms with E-state index in [1.54, 1.807) is 48.5 Å². The average Bonchev–Trinajstić information content (AvgIpc) is 3.46. The molecule has 0 N–H and O–H groups in total. The molecule has 8 heteroatoms. The highest BCUT2D eigenvalue weighted by atomic mass is 32.1. The Morgan fingerprint density at radius 3 is 1.59 bits per heavy atom. The number of hydrogen-bond acceptors (Lipinski definition) is 4. The predicted molar refractivity (Wildman–Crippen MR) is 128 cm³/mol. The fourth-order valence-corrected chi connectivity index (χ4v) is 5.76. The van der Waals surface area contributed by atoms with Crippen LogP contribution in [0.4, 0.5) is 8.78 Å². The summed E-state index contributed by atoms with van der Waals surface area (Å²) in [4.78, 5) is 6.56. The molecule has 0 aliphatic carbocycles. The third-order valence-electron chi connectivity index (χ3n) is 4.90. The van der Waals surface area contributed by atoms with Crippen LogP contribution in [-0.2, 0) is 0 Å². The van der Waals surface area contributed by atoms with Crippen molar-refractivity contribution in [2.75, 3.05) is 0 Å². The van der Waals surface area contributed by atoms with Crippen LogP contribution in [0.25, 0.3) is 43.3 Å². The lowest BCUT2D eigenvalue weighted by Crippen LogP contribution is -1.95. The maximum atomic E-state index is 14.8. The molecule has 2 heterocycles. The first-order valence-electron chi connectivity index (χ1n) is 9.60. The number of nitriles is 2. The smallest absolute Gasteiger partial charge is 0.206 e. The van der Waals surface area contributed by atoms with Gasteiger partial charge in [0, 0.05) is 22.3 Å². The summed E-state index contributed by atoms with van der Waals surface area (Å²) in [6, 6.07) is 19.1. The second-order valence-electron chi connectivity index (χ2n) is 6.81. The molecule has 0 bridgehead atoms. The zero-order chi connectivity index (χ0) is 24.2. The van der Waals surface area contributed by atoms with Gasteiger partial charge in [0.15, 0.2) is 0 Å². The third-order valence-corrected chi connectivity index (χ3v) is 7.35. The van der Waals surface area contributed by atoms with Crippen molar-refractivity contribution in [1.82, 2.24) is 0 Å². The lowest BCUT2D eigenvalue weighted by Gasteiger charge is -2.02. The molecule has 0 saturated carbocycles. The van der Waals surface area contributed by atoms with Gasteiger partial charge in [0.05, 0.1) is 13.6 Å². The molecule has 4 nitrogen and oxygen atoms in total. The van der Waals surface area contributed by atoms with E-state index in [0.717, 1.165) is 22.7 Å². The normalized spacial score (nSPS) is 11.0. The van der Waals surface area contributed by atoms with E-state index in [4.69, 9.17) is 13.1 Å². The topological polar surface area (TPSA) is 56.3 Å². The molecule has 4 rings (SSSR count). The van der Waals surface area contributed by atoms with Crippen molar-refractivity contribution < 1.29 is 8.78 Å². The SMILES string of the molecule is [C-]#[N+]C([N+]#[C-])=c1cc(-c2ccccc2F)/c(=c2\sc(=C(C#N)C#N)cc2-c2ccccc2F)s1. The van der Waals surface area contributed by atoms with Gasteiger partial charge in [-0.1, -0.05) is 36.4 Å². The Balaban J connectivity index is 2.35. The molecule has 0 aliphatic rings. The molecule has 2 aromatic heterocycles. The van der Waals surface area contributed by atoms with E-state index in [-0.39, 0.29) is 22.5 Å². The molecule has 34 heavy (non-hydrogen) atoms. The van der Waals surface area contributed by atoms with Gasteiger partial charge in [-0.15, -0.1) is 22.7 Å². The number of benzene rings is 2. The monoisotopic (exact) mass is 480 g/mol. The molecule has 0 unspecified atom stereocenters. The van der Waals surface area contributed by atoms with Gasteiger partial charge in [0.1, 0.15) is 47.0 Å². The van der Waals surface area contributed by atoms with E-state index in [9.17, 15) is 19.3 Å². The maximum absolute atomic E-state index is 14.8. The van der Waals surface area contributed by atoms with Crippen LogP contribution in [0.5, 0.6) is 0 Å². The van der Waals surface area contributed by atoms with Crippen LogP contribution in [0, 0.1) is 56.5 Å². The highest BCUT2D eigenvalue weighted by Gasteiger charge is 2.17. The number of hydrogen-bond donors (Lipinski definition) is 0. The largest absolute Gasteiger partial charge is 0.536 e. The van der Waals surface area contributed by atoms with Crippen LogP contribution in [0.3, 0.4) is 0 Å². The molecule has 2 aromatic carbocycles. The van der Waals surface area contributed by atoms with Gasteiger partial charge in [0.25, 0.3) is 0 Å². The van der Waals surface area contributed by atoms with Crippen LogP contribution in [-0.4, -0.2) is 0 Å². The lowest BCUT2D eigenvalue weighted by atomic mass is 10.0. The Morgan fingerprint density at radius 2 is 1.15 bits per heavy atom. The minimum atomic E-state index is -0.498. The molecule has 0 spiro atoms. The number of nitrogens with zero attached hydrogens (tertiary/aromatic N) is 4. The van der Waals surface area contributed by atoms with Crippen molar-refractivity contribution in [1.29, 1.82) is 10.5 Å². The summed E-state index contributed by atoms with van der Waals surface area (Å²) in [5, 5.41) is 18.8. The highest BCUT2D eigenvalue weighted by Crippen LogP contribution is 2.31. The molecule has 0 saturated heterocycles. The Bertz CT molecular complexity index is 1670. The first-order valence-corrected chi connectivity index (χ1v) is 11.2. The van der Waals surface area contributed by atoms with Crippen molar-refractivity contribution >= 4 is 34.1 Å². The molecule has 0 fully saturated rings. The van der Waals surface area contributed by atoms with E-state index in [1.807, 2.05) is 12.1 Å². The Morgan fingerprint density at radius 1 is 0.706 bits per heavy atom. The Hall–Kier alpha value is -4.60. The molecule has 4 aromatic rings. The van der Waals surface area contributed by atoms with Crippen molar-refractivity contribution in [3.8, 4) is 34.4 Å². The molecule has 0 amide bonds. The molecular weight excluding hydrogens is 470 g/mol. The van der Waals surface area contributed by atoms with E-state index >= 15 is 0 Å². The van der Waals surface area contributed by atoms with Crippen LogP contribution >= 0.6 is 22.7 Å². The second-order valence-corrected chi connectivity index (χ2v) is 8.92. The second kappa shape index (κ2) is 9.49. The zero-order valence-electron chi connectivity index (χ0n) is 17.1. The zero-order valence-corrected chi connectivity index (χ0v) is 18.8. The van der Waals surface area contributed by atoms with E-state index in [1.165, 1.54) is 12.1 Å². The Labute approximate surface area is 200 Å². The quantitative estimate of drug-likeness (QED) is 0.340. The predicted octanol–water partition coefficient (Wildman–Crippen LogP) is 5.81. The van der Waals surface area contributed by atoms with Crippen molar-refractivity contribution in [2.24, 2.45) is 0 Å². The third kappa shape index (κ3) is 3.96. The summed E-state index contributed by atoms with van der Waals surface area (Å²) >= 11 is 2.21. The summed E-state index contributed by atoms with van der Waals surface area (Å²) < 4.78 is 31.3. The van der Waals surface area contributed by atoms with Crippen LogP contribution < -0.4 is 9.06 Å². The summed E-state index contributed by atoms with van der Waals surface area (Å²) in [5.41, 5.74) is 1.24.